The van der Waals surface area contributed by atoms with Crippen molar-refractivity contribution in [1.29, 1.82) is 0 Å². The van der Waals surface area contributed by atoms with E-state index in [2.05, 4.69) is 4.74 Å². The van der Waals surface area contributed by atoms with Gasteiger partial charge in [0.1, 0.15) is 0 Å². The number of nitrogens with two attached hydrogens (primary N) is 1. The smallest absolute Gasteiger partial charge is 0.309 e. The van der Waals surface area contributed by atoms with Crippen molar-refractivity contribution >= 4 is 5.97 Å². The molecule has 1 rings (SSSR count). The summed E-state index contributed by atoms with van der Waals surface area (Å²) in [6, 6.07) is 0.129. The van der Waals surface area contributed by atoms with Crippen molar-refractivity contribution in [3.8, 4) is 0 Å². The number of hydrogen-bond donors (Lipinski definition) is 1. The maximum absolute atomic E-state index is 10.8. The molecule has 2 N–H and O–H groups in total. The number of ether oxygens (including phenoxy) is 1. The van der Waals surface area contributed by atoms with Crippen LogP contribution in [0.15, 0.2) is 0 Å². The van der Waals surface area contributed by atoms with Gasteiger partial charge in [-0.3, -0.25) is 4.79 Å². The molecule has 1 aliphatic carbocycles. The first-order valence-electron chi connectivity index (χ1n) is 3.50. The van der Waals surface area contributed by atoms with Crippen molar-refractivity contribution in [1.82, 2.24) is 0 Å². The molecule has 3 unspecified atom stereocenters. The van der Waals surface area contributed by atoms with Gasteiger partial charge in [-0.15, -0.1) is 0 Å². The molecule has 0 amide bonds. The Morgan fingerprint density at radius 2 is 2.40 bits per heavy atom. The molecule has 3 nitrogen and oxygen atoms in total. The van der Waals surface area contributed by atoms with Gasteiger partial charge in [0, 0.05) is 6.04 Å². The summed E-state index contributed by atoms with van der Waals surface area (Å²) >= 11 is 0. The lowest BCUT2D eigenvalue weighted by molar-refractivity contribution is -0.142. The second-order valence-corrected chi connectivity index (χ2v) is 2.89. The van der Waals surface area contributed by atoms with Crippen LogP contribution in [0.5, 0.6) is 0 Å². The van der Waals surface area contributed by atoms with E-state index in [1.807, 2.05) is 6.92 Å². The second kappa shape index (κ2) is 2.58. The largest absolute Gasteiger partial charge is 0.469 e. The molecule has 1 aliphatic rings. The maximum Gasteiger partial charge on any atom is 0.309 e. The fraction of sp³-hybridized carbons (Fsp3) is 0.857. The van der Waals surface area contributed by atoms with Gasteiger partial charge in [0.2, 0.25) is 0 Å². The van der Waals surface area contributed by atoms with Crippen molar-refractivity contribution in [2.45, 2.75) is 19.4 Å². The lowest BCUT2D eigenvalue weighted by Gasteiger charge is -2.01. The van der Waals surface area contributed by atoms with Gasteiger partial charge in [-0.1, -0.05) is 0 Å². The van der Waals surface area contributed by atoms with Gasteiger partial charge in [-0.2, -0.15) is 0 Å². The van der Waals surface area contributed by atoms with Crippen LogP contribution in [0.3, 0.4) is 0 Å². The monoisotopic (exact) mass is 143 g/mol. The highest BCUT2D eigenvalue weighted by Gasteiger charge is 2.45. The molecule has 0 spiro atoms. The molecule has 0 saturated heterocycles. The average molecular weight is 143 g/mol. The molecule has 0 bridgehead atoms. The molecule has 3 heteroatoms. The van der Waals surface area contributed by atoms with E-state index in [4.69, 9.17) is 5.73 Å². The normalized spacial score (nSPS) is 33.1. The fourth-order valence-electron chi connectivity index (χ4n) is 1.22. The summed E-state index contributed by atoms with van der Waals surface area (Å²) in [5.74, 6) is 0.347. The Balaban J connectivity index is 2.31. The maximum atomic E-state index is 10.8. The van der Waals surface area contributed by atoms with E-state index in [9.17, 15) is 4.79 Å². The Morgan fingerprint density at radius 3 is 2.70 bits per heavy atom. The third-order valence-corrected chi connectivity index (χ3v) is 2.02. The minimum Gasteiger partial charge on any atom is -0.469 e. The molecule has 0 radical (unpaired) electrons. The Bertz CT molecular complexity index is 145. The molecule has 3 atom stereocenters. The highest BCUT2D eigenvalue weighted by atomic mass is 16.5. The number of carbonyl (C=O) groups excluding carboxylic acids is 1. The Kier molecular flexibility index (Phi) is 1.94. The minimum absolute atomic E-state index is 0.0880. The molecule has 1 saturated carbocycles. The fourth-order valence-corrected chi connectivity index (χ4v) is 1.22. The Labute approximate surface area is 60.5 Å². The van der Waals surface area contributed by atoms with E-state index in [1.54, 1.807) is 0 Å². The van der Waals surface area contributed by atoms with Gasteiger partial charge >= 0.3 is 5.97 Å². The highest BCUT2D eigenvalue weighted by Crippen LogP contribution is 2.41. The molecule has 0 heterocycles. The van der Waals surface area contributed by atoms with E-state index >= 15 is 0 Å². The number of carbonyl (C=O) groups is 1. The van der Waals surface area contributed by atoms with Gasteiger partial charge in [0.05, 0.1) is 13.0 Å². The number of hydrogen-bond acceptors (Lipinski definition) is 3. The third-order valence-electron chi connectivity index (χ3n) is 2.02. The SMILES string of the molecule is COC(=O)C1CC1C(C)N. The summed E-state index contributed by atoms with van der Waals surface area (Å²) in [6.45, 7) is 1.92. The van der Waals surface area contributed by atoms with Crippen LogP contribution in [0, 0.1) is 11.8 Å². The van der Waals surface area contributed by atoms with Crippen molar-refractivity contribution in [3.05, 3.63) is 0 Å². The van der Waals surface area contributed by atoms with E-state index in [0.717, 1.165) is 6.42 Å². The topological polar surface area (TPSA) is 52.3 Å². The average Bonchev–Trinajstić information content (AvgIpc) is 2.64. The molecule has 10 heavy (non-hydrogen) atoms. The summed E-state index contributed by atoms with van der Waals surface area (Å²) in [7, 11) is 1.42. The first-order chi connectivity index (χ1) is 4.66. The number of esters is 1. The van der Waals surface area contributed by atoms with Crippen LogP contribution in [-0.4, -0.2) is 19.1 Å². The summed E-state index contributed by atoms with van der Waals surface area (Å²) < 4.78 is 4.56. The van der Waals surface area contributed by atoms with Crippen LogP contribution in [0.25, 0.3) is 0 Å². The van der Waals surface area contributed by atoms with E-state index in [1.165, 1.54) is 7.11 Å². The number of rotatable bonds is 2. The van der Waals surface area contributed by atoms with Crippen LogP contribution >= 0.6 is 0 Å². The molecular formula is C7H13NO2. The zero-order chi connectivity index (χ0) is 7.72. The van der Waals surface area contributed by atoms with Crippen molar-refractivity contribution in [2.24, 2.45) is 17.6 Å². The minimum atomic E-state index is -0.109. The van der Waals surface area contributed by atoms with Crippen LogP contribution in [-0.2, 0) is 9.53 Å². The van der Waals surface area contributed by atoms with Crippen LogP contribution in [0.1, 0.15) is 13.3 Å². The summed E-state index contributed by atoms with van der Waals surface area (Å²) in [5, 5.41) is 0. The second-order valence-electron chi connectivity index (χ2n) is 2.89. The van der Waals surface area contributed by atoms with Gasteiger partial charge in [-0.25, -0.2) is 0 Å². The Hall–Kier alpha value is -0.570. The van der Waals surface area contributed by atoms with E-state index in [-0.39, 0.29) is 17.9 Å². The van der Waals surface area contributed by atoms with Gasteiger partial charge in [0.15, 0.2) is 0 Å². The van der Waals surface area contributed by atoms with Crippen molar-refractivity contribution in [3.63, 3.8) is 0 Å². The first-order valence-corrected chi connectivity index (χ1v) is 3.50. The lowest BCUT2D eigenvalue weighted by atomic mass is 10.2. The molecule has 0 aromatic rings. The molecule has 0 aliphatic heterocycles. The molecule has 1 fully saturated rings. The predicted molar refractivity (Wildman–Crippen MR) is 37.3 cm³/mol. The van der Waals surface area contributed by atoms with Gasteiger partial charge in [0.25, 0.3) is 0 Å². The zero-order valence-corrected chi connectivity index (χ0v) is 6.33. The lowest BCUT2D eigenvalue weighted by Crippen LogP contribution is -2.20. The van der Waals surface area contributed by atoms with Crippen LogP contribution in [0.4, 0.5) is 0 Å². The highest BCUT2D eigenvalue weighted by molar-refractivity contribution is 5.75. The van der Waals surface area contributed by atoms with Crippen LogP contribution in [0.2, 0.25) is 0 Å². The standard InChI is InChI=1S/C7H13NO2/c1-4(8)5-3-6(5)7(9)10-2/h4-6H,3,8H2,1-2H3. The zero-order valence-electron chi connectivity index (χ0n) is 6.33. The van der Waals surface area contributed by atoms with Gasteiger partial charge < -0.3 is 10.5 Å². The first kappa shape index (κ1) is 7.54. The predicted octanol–water partition coefficient (Wildman–Crippen LogP) is 0.143. The summed E-state index contributed by atoms with van der Waals surface area (Å²) in [6.07, 6.45) is 0.907. The molecule has 58 valence electrons. The van der Waals surface area contributed by atoms with Crippen molar-refractivity contribution < 1.29 is 9.53 Å². The van der Waals surface area contributed by atoms with Crippen LogP contribution < -0.4 is 5.73 Å². The van der Waals surface area contributed by atoms with Gasteiger partial charge in [-0.05, 0) is 19.3 Å². The molecule has 0 aromatic heterocycles. The summed E-state index contributed by atoms with van der Waals surface area (Å²) in [5.41, 5.74) is 5.57. The Morgan fingerprint density at radius 1 is 1.80 bits per heavy atom. The third kappa shape index (κ3) is 1.29. The quantitative estimate of drug-likeness (QED) is 0.559. The van der Waals surface area contributed by atoms with Crippen molar-refractivity contribution in [2.75, 3.05) is 7.11 Å². The van der Waals surface area contributed by atoms with E-state index < -0.39 is 0 Å². The van der Waals surface area contributed by atoms with E-state index in [0.29, 0.717) is 5.92 Å². The summed E-state index contributed by atoms with van der Waals surface area (Å²) in [4.78, 5) is 10.8. The number of methoxy groups -OCH3 is 1. The molecular weight excluding hydrogens is 130 g/mol. The molecule has 0 aromatic carbocycles.